The summed E-state index contributed by atoms with van der Waals surface area (Å²) < 4.78 is 55.0. The van der Waals surface area contributed by atoms with Gasteiger partial charge in [0.25, 0.3) is 0 Å². The van der Waals surface area contributed by atoms with Crippen LogP contribution in [0.5, 0.6) is 0 Å². The van der Waals surface area contributed by atoms with E-state index in [-0.39, 0.29) is 5.91 Å². The van der Waals surface area contributed by atoms with Crippen LogP contribution in [0.1, 0.15) is 32.3 Å². The van der Waals surface area contributed by atoms with Gasteiger partial charge < -0.3 is 10.2 Å². The number of sulfonamides is 1. The van der Waals surface area contributed by atoms with E-state index in [4.69, 9.17) is 0 Å². The monoisotopic (exact) mass is 479 g/mol. The van der Waals surface area contributed by atoms with Crippen molar-refractivity contribution in [2.75, 3.05) is 6.54 Å². The fourth-order valence-electron chi connectivity index (χ4n) is 3.78. The van der Waals surface area contributed by atoms with Gasteiger partial charge in [-0.15, -0.1) is 0 Å². The summed E-state index contributed by atoms with van der Waals surface area (Å²) in [5.41, 5.74) is 0.913. The molecule has 0 aliphatic carbocycles. The molecule has 2 aromatic rings. The SMILES string of the molecule is CC(C)[C@H](NS(=O)(=O)c1ccc(F)cc1F)C(=O)N1CCC[C@H]1C(=O)NCc1ccccc1. The number of likely N-dealkylation sites (tertiary alicyclic amines) is 1. The van der Waals surface area contributed by atoms with Crippen molar-refractivity contribution in [3.8, 4) is 0 Å². The smallest absolute Gasteiger partial charge is 0.244 e. The van der Waals surface area contributed by atoms with Gasteiger partial charge in [0.2, 0.25) is 21.8 Å². The fraction of sp³-hybridized carbons (Fsp3) is 0.391. The molecule has 2 amide bonds. The van der Waals surface area contributed by atoms with Gasteiger partial charge in [0.1, 0.15) is 28.6 Å². The maximum atomic E-state index is 14.1. The van der Waals surface area contributed by atoms with E-state index in [0.717, 1.165) is 17.7 Å². The minimum atomic E-state index is -4.45. The van der Waals surface area contributed by atoms with Crippen molar-refractivity contribution in [3.05, 3.63) is 65.7 Å². The van der Waals surface area contributed by atoms with Crippen molar-refractivity contribution in [2.24, 2.45) is 5.92 Å². The Hall–Kier alpha value is -2.85. The molecule has 7 nitrogen and oxygen atoms in total. The highest BCUT2D eigenvalue weighted by molar-refractivity contribution is 7.89. The lowest BCUT2D eigenvalue weighted by molar-refractivity contribution is -0.140. The van der Waals surface area contributed by atoms with Crippen molar-refractivity contribution >= 4 is 21.8 Å². The molecule has 0 spiro atoms. The predicted molar refractivity (Wildman–Crippen MR) is 118 cm³/mol. The largest absolute Gasteiger partial charge is 0.350 e. The van der Waals surface area contributed by atoms with Gasteiger partial charge in [0.05, 0.1) is 0 Å². The summed E-state index contributed by atoms with van der Waals surface area (Å²) in [5.74, 6) is -3.53. The van der Waals surface area contributed by atoms with Crippen LogP contribution in [0.3, 0.4) is 0 Å². The zero-order valence-corrected chi connectivity index (χ0v) is 19.2. The summed E-state index contributed by atoms with van der Waals surface area (Å²) in [6.45, 7) is 3.90. The average Bonchev–Trinajstić information content (AvgIpc) is 3.26. The normalized spacial score (nSPS) is 17.2. The van der Waals surface area contributed by atoms with Crippen molar-refractivity contribution in [3.63, 3.8) is 0 Å². The Balaban J connectivity index is 1.74. The Morgan fingerprint density at radius 2 is 1.82 bits per heavy atom. The molecule has 178 valence electrons. The van der Waals surface area contributed by atoms with Crippen LogP contribution in [-0.2, 0) is 26.2 Å². The Morgan fingerprint density at radius 3 is 2.45 bits per heavy atom. The molecule has 2 atom stereocenters. The Morgan fingerprint density at radius 1 is 1.12 bits per heavy atom. The van der Waals surface area contributed by atoms with Crippen molar-refractivity contribution in [2.45, 2.75) is 50.2 Å². The highest BCUT2D eigenvalue weighted by Gasteiger charge is 2.39. The quantitative estimate of drug-likeness (QED) is 0.608. The van der Waals surface area contributed by atoms with Gasteiger partial charge >= 0.3 is 0 Å². The Labute approximate surface area is 192 Å². The molecule has 1 saturated heterocycles. The number of rotatable bonds is 8. The number of halogens is 2. The van der Waals surface area contributed by atoms with Crippen LogP contribution in [0, 0.1) is 17.6 Å². The summed E-state index contributed by atoms with van der Waals surface area (Å²) in [7, 11) is -4.45. The molecule has 1 aliphatic rings. The molecule has 0 bridgehead atoms. The van der Waals surface area contributed by atoms with Crippen molar-refractivity contribution in [1.29, 1.82) is 0 Å². The number of carbonyl (C=O) groups is 2. The van der Waals surface area contributed by atoms with E-state index >= 15 is 0 Å². The topological polar surface area (TPSA) is 95.6 Å². The summed E-state index contributed by atoms with van der Waals surface area (Å²) in [4.78, 5) is 26.7. The molecule has 2 aromatic carbocycles. The molecule has 0 radical (unpaired) electrons. The van der Waals surface area contributed by atoms with Crippen LogP contribution in [-0.4, -0.2) is 43.8 Å². The molecule has 0 aromatic heterocycles. The van der Waals surface area contributed by atoms with Gasteiger partial charge in [-0.1, -0.05) is 44.2 Å². The summed E-state index contributed by atoms with van der Waals surface area (Å²) in [6, 6.07) is 9.49. The maximum absolute atomic E-state index is 14.1. The average molecular weight is 480 g/mol. The second-order valence-corrected chi connectivity index (χ2v) is 9.99. The van der Waals surface area contributed by atoms with Crippen LogP contribution in [0.4, 0.5) is 8.78 Å². The third-order valence-electron chi connectivity index (χ3n) is 5.55. The van der Waals surface area contributed by atoms with Crippen LogP contribution in [0.2, 0.25) is 0 Å². The van der Waals surface area contributed by atoms with Crippen LogP contribution in [0.25, 0.3) is 0 Å². The number of carbonyl (C=O) groups excluding carboxylic acids is 2. The maximum Gasteiger partial charge on any atom is 0.244 e. The lowest BCUT2D eigenvalue weighted by atomic mass is 10.0. The lowest BCUT2D eigenvalue weighted by Crippen LogP contribution is -2.55. The number of benzene rings is 2. The van der Waals surface area contributed by atoms with Gasteiger partial charge in [0.15, 0.2) is 0 Å². The molecule has 0 unspecified atom stereocenters. The van der Waals surface area contributed by atoms with Gasteiger partial charge in [-0.25, -0.2) is 17.2 Å². The van der Waals surface area contributed by atoms with E-state index in [2.05, 4.69) is 10.0 Å². The molecular formula is C23H27F2N3O4S. The van der Waals surface area contributed by atoms with E-state index < -0.39 is 50.5 Å². The second-order valence-electron chi connectivity index (χ2n) is 8.31. The third kappa shape index (κ3) is 5.94. The van der Waals surface area contributed by atoms with E-state index in [9.17, 15) is 26.8 Å². The first-order valence-electron chi connectivity index (χ1n) is 10.7. The molecule has 0 saturated carbocycles. The number of nitrogens with zero attached hydrogens (tertiary/aromatic N) is 1. The number of hydrogen-bond acceptors (Lipinski definition) is 4. The molecular weight excluding hydrogens is 452 g/mol. The number of nitrogens with one attached hydrogen (secondary N) is 2. The molecule has 1 fully saturated rings. The minimum Gasteiger partial charge on any atom is -0.350 e. The molecule has 1 heterocycles. The van der Waals surface area contributed by atoms with Gasteiger partial charge in [0, 0.05) is 19.2 Å². The minimum absolute atomic E-state index is 0.304. The van der Waals surface area contributed by atoms with E-state index in [1.54, 1.807) is 13.8 Å². The summed E-state index contributed by atoms with van der Waals surface area (Å²) >= 11 is 0. The molecule has 33 heavy (non-hydrogen) atoms. The number of hydrogen-bond donors (Lipinski definition) is 2. The van der Waals surface area contributed by atoms with E-state index in [0.29, 0.717) is 32.0 Å². The molecule has 10 heteroatoms. The number of amides is 2. The third-order valence-corrected chi connectivity index (χ3v) is 7.02. The lowest BCUT2D eigenvalue weighted by Gasteiger charge is -2.30. The highest BCUT2D eigenvalue weighted by Crippen LogP contribution is 2.22. The van der Waals surface area contributed by atoms with Gasteiger partial charge in [-0.2, -0.15) is 4.72 Å². The van der Waals surface area contributed by atoms with Crippen LogP contribution >= 0.6 is 0 Å². The van der Waals surface area contributed by atoms with Crippen LogP contribution in [0.15, 0.2) is 53.4 Å². The van der Waals surface area contributed by atoms with Gasteiger partial charge in [-0.3, -0.25) is 9.59 Å². The summed E-state index contributed by atoms with van der Waals surface area (Å²) in [5, 5.41) is 2.82. The zero-order chi connectivity index (χ0) is 24.2. The second kappa shape index (κ2) is 10.4. The fourth-order valence-corrected chi connectivity index (χ4v) is 5.18. The zero-order valence-electron chi connectivity index (χ0n) is 18.4. The Kier molecular flexibility index (Phi) is 7.80. The molecule has 1 aliphatic heterocycles. The van der Waals surface area contributed by atoms with Gasteiger partial charge in [-0.05, 0) is 36.5 Å². The van der Waals surface area contributed by atoms with E-state index in [1.165, 1.54) is 4.90 Å². The van der Waals surface area contributed by atoms with Crippen molar-refractivity contribution < 1.29 is 26.8 Å². The van der Waals surface area contributed by atoms with Crippen molar-refractivity contribution in [1.82, 2.24) is 14.9 Å². The highest BCUT2D eigenvalue weighted by atomic mass is 32.2. The first kappa shape index (κ1) is 24.8. The first-order valence-corrected chi connectivity index (χ1v) is 12.2. The Bertz CT molecular complexity index is 1110. The van der Waals surface area contributed by atoms with E-state index in [1.807, 2.05) is 30.3 Å². The standard InChI is InChI=1S/C23H27F2N3O4S/c1-15(2)21(27-33(31,32)20-11-10-17(24)13-18(20)25)23(30)28-12-6-9-19(28)22(29)26-14-16-7-4-3-5-8-16/h3-5,7-8,10-11,13,15,19,21,27H,6,9,12,14H2,1-2H3,(H,26,29)/t19-,21-/m0/s1. The predicted octanol–water partition coefficient (Wildman–Crippen LogP) is 2.58. The van der Waals surface area contributed by atoms with Crippen LogP contribution < -0.4 is 10.0 Å². The summed E-state index contributed by atoms with van der Waals surface area (Å²) in [6.07, 6.45) is 1.05. The molecule has 3 rings (SSSR count). The molecule has 2 N–H and O–H groups in total. The first-order chi connectivity index (χ1) is 15.6.